The lowest BCUT2D eigenvalue weighted by atomic mass is 10.4. The fraction of sp³-hybridized carbons (Fsp3) is 0.462. The second kappa shape index (κ2) is 5.61. The number of thiazole rings is 2. The van der Waals surface area contributed by atoms with Gasteiger partial charge in [0.15, 0.2) is 10.3 Å². The summed E-state index contributed by atoms with van der Waals surface area (Å²) in [5.41, 5.74) is 6.83. The first-order chi connectivity index (χ1) is 10.0. The number of aromatic nitrogens is 2. The van der Waals surface area contributed by atoms with Gasteiger partial charge in [0.05, 0.1) is 5.69 Å². The Kier molecular flexibility index (Phi) is 3.81. The smallest absolute Gasteiger partial charge is 0.271 e. The molecule has 0 aromatic carbocycles. The van der Waals surface area contributed by atoms with Crippen molar-refractivity contribution in [3.8, 4) is 0 Å². The Labute approximate surface area is 131 Å². The zero-order chi connectivity index (χ0) is 15.0. The van der Waals surface area contributed by atoms with Gasteiger partial charge in [-0.05, 0) is 26.7 Å². The molecule has 6 nitrogen and oxygen atoms in total. The lowest BCUT2D eigenvalue weighted by Gasteiger charge is -2.11. The summed E-state index contributed by atoms with van der Waals surface area (Å²) < 4.78 is 0. The van der Waals surface area contributed by atoms with Gasteiger partial charge in [0.1, 0.15) is 10.7 Å². The minimum absolute atomic E-state index is 0.232. The number of hydrogen-bond acceptors (Lipinski definition) is 7. The average molecular weight is 323 g/mol. The van der Waals surface area contributed by atoms with E-state index < -0.39 is 0 Å². The van der Waals surface area contributed by atoms with Crippen LogP contribution in [0.5, 0.6) is 0 Å². The van der Waals surface area contributed by atoms with Crippen LogP contribution in [-0.2, 0) is 0 Å². The van der Waals surface area contributed by atoms with E-state index in [-0.39, 0.29) is 5.91 Å². The van der Waals surface area contributed by atoms with Gasteiger partial charge in [0.2, 0.25) is 0 Å². The zero-order valence-electron chi connectivity index (χ0n) is 12.0. The molecule has 112 valence electrons. The fourth-order valence-corrected chi connectivity index (χ4v) is 3.95. The molecule has 0 saturated carbocycles. The minimum atomic E-state index is -0.232. The third-order valence-corrected chi connectivity index (χ3v) is 5.59. The van der Waals surface area contributed by atoms with Crippen LogP contribution in [0.15, 0.2) is 0 Å². The summed E-state index contributed by atoms with van der Waals surface area (Å²) in [6, 6.07) is 0. The van der Waals surface area contributed by atoms with Gasteiger partial charge in [0, 0.05) is 18.0 Å². The predicted molar refractivity (Wildman–Crippen MR) is 87.5 cm³/mol. The lowest BCUT2D eigenvalue weighted by Crippen LogP contribution is -2.17. The van der Waals surface area contributed by atoms with E-state index in [1.54, 1.807) is 0 Å². The van der Waals surface area contributed by atoms with Crippen LogP contribution in [0, 0.1) is 13.8 Å². The molecule has 1 saturated heterocycles. The van der Waals surface area contributed by atoms with E-state index in [4.69, 9.17) is 5.73 Å². The summed E-state index contributed by atoms with van der Waals surface area (Å²) in [6.07, 6.45) is 2.33. The molecule has 0 atom stereocenters. The number of nitrogens with two attached hydrogens (primary N) is 1. The average Bonchev–Trinajstić information content (AvgIpc) is 3.11. The predicted octanol–water partition coefficient (Wildman–Crippen LogP) is 2.65. The van der Waals surface area contributed by atoms with Crippen molar-refractivity contribution in [3.63, 3.8) is 0 Å². The number of hydrogen-bond donors (Lipinski definition) is 2. The van der Waals surface area contributed by atoms with Gasteiger partial charge in [-0.25, -0.2) is 9.97 Å². The van der Waals surface area contributed by atoms with Crippen molar-refractivity contribution in [3.05, 3.63) is 15.4 Å². The quantitative estimate of drug-likeness (QED) is 0.907. The summed E-state index contributed by atoms with van der Waals surface area (Å²) in [4.78, 5) is 24.7. The highest BCUT2D eigenvalue weighted by atomic mass is 32.1. The van der Waals surface area contributed by atoms with Crippen LogP contribution >= 0.6 is 22.7 Å². The molecule has 8 heteroatoms. The minimum Gasteiger partial charge on any atom is -0.382 e. The number of rotatable bonds is 3. The normalized spacial score (nSPS) is 14.7. The number of carbonyl (C=O) groups is 1. The monoisotopic (exact) mass is 323 g/mol. The molecule has 3 heterocycles. The van der Waals surface area contributed by atoms with Crippen LogP contribution < -0.4 is 16.0 Å². The zero-order valence-corrected chi connectivity index (χ0v) is 13.6. The Morgan fingerprint density at radius 3 is 2.57 bits per heavy atom. The second-order valence-corrected chi connectivity index (χ2v) is 7.20. The number of anilines is 3. The van der Waals surface area contributed by atoms with Gasteiger partial charge >= 0.3 is 0 Å². The molecule has 2 aromatic rings. The number of amides is 1. The van der Waals surface area contributed by atoms with Crippen LogP contribution in [0.3, 0.4) is 0 Å². The number of aryl methyl sites for hydroxylation is 2. The molecule has 0 aliphatic carbocycles. The standard InChI is InChI=1S/C13H17N5OS2/c1-7-8(2)20-12(15-7)17-11(19)9-10(14)16-13(21-9)18-5-3-4-6-18/h3-6,14H2,1-2H3,(H,15,17,19). The lowest BCUT2D eigenvalue weighted by molar-refractivity contribution is 0.103. The molecule has 0 radical (unpaired) electrons. The summed E-state index contributed by atoms with van der Waals surface area (Å²) in [7, 11) is 0. The first-order valence-electron chi connectivity index (χ1n) is 6.81. The Hall–Kier alpha value is -1.67. The Morgan fingerprint density at radius 2 is 1.95 bits per heavy atom. The number of nitrogens with zero attached hydrogens (tertiary/aromatic N) is 3. The van der Waals surface area contributed by atoms with Gasteiger partial charge in [-0.1, -0.05) is 11.3 Å². The summed E-state index contributed by atoms with van der Waals surface area (Å²) in [5.74, 6) is 0.0635. The molecule has 0 bridgehead atoms. The maximum atomic E-state index is 12.3. The molecule has 1 aliphatic rings. The molecule has 3 N–H and O–H groups in total. The molecule has 1 aliphatic heterocycles. The second-order valence-electron chi connectivity index (χ2n) is 5.02. The van der Waals surface area contributed by atoms with Crippen molar-refractivity contribution in [2.75, 3.05) is 29.0 Å². The molecule has 3 rings (SSSR count). The van der Waals surface area contributed by atoms with Crippen molar-refractivity contribution in [1.29, 1.82) is 0 Å². The Bertz CT molecular complexity index is 653. The molecule has 2 aromatic heterocycles. The molecule has 0 spiro atoms. The van der Waals surface area contributed by atoms with Gasteiger partial charge in [-0.15, -0.1) is 11.3 Å². The Morgan fingerprint density at radius 1 is 1.24 bits per heavy atom. The summed E-state index contributed by atoms with van der Waals surface area (Å²) in [6.45, 7) is 5.88. The molecule has 21 heavy (non-hydrogen) atoms. The largest absolute Gasteiger partial charge is 0.382 e. The highest BCUT2D eigenvalue weighted by molar-refractivity contribution is 7.18. The third kappa shape index (κ3) is 2.86. The number of carbonyl (C=O) groups excluding carboxylic acids is 1. The molecule has 1 amide bonds. The van der Waals surface area contributed by atoms with Crippen LogP contribution in [0.4, 0.5) is 16.1 Å². The SMILES string of the molecule is Cc1nc(NC(=O)c2sc(N3CCCC3)nc2N)sc1C. The van der Waals surface area contributed by atoms with Crippen molar-refractivity contribution in [2.24, 2.45) is 0 Å². The van der Waals surface area contributed by atoms with Crippen molar-refractivity contribution in [1.82, 2.24) is 9.97 Å². The van der Waals surface area contributed by atoms with Gasteiger partial charge in [0.25, 0.3) is 5.91 Å². The maximum Gasteiger partial charge on any atom is 0.271 e. The van der Waals surface area contributed by atoms with Gasteiger partial charge in [-0.3, -0.25) is 10.1 Å². The molecule has 1 fully saturated rings. The van der Waals surface area contributed by atoms with Crippen LogP contribution in [0.2, 0.25) is 0 Å². The maximum absolute atomic E-state index is 12.3. The van der Waals surface area contributed by atoms with Crippen molar-refractivity contribution < 1.29 is 4.79 Å². The van der Waals surface area contributed by atoms with E-state index in [0.29, 0.717) is 15.8 Å². The topological polar surface area (TPSA) is 84.1 Å². The van der Waals surface area contributed by atoms with Crippen LogP contribution in [0.25, 0.3) is 0 Å². The molecular formula is C13H17N5OS2. The fourth-order valence-electron chi connectivity index (χ4n) is 2.21. The van der Waals surface area contributed by atoms with E-state index in [1.807, 2.05) is 13.8 Å². The van der Waals surface area contributed by atoms with Gasteiger partial charge < -0.3 is 10.6 Å². The highest BCUT2D eigenvalue weighted by Gasteiger charge is 2.22. The van der Waals surface area contributed by atoms with Crippen LogP contribution in [0.1, 0.15) is 33.1 Å². The van der Waals surface area contributed by atoms with Crippen molar-refractivity contribution >= 4 is 44.7 Å². The summed E-state index contributed by atoms with van der Waals surface area (Å²) in [5, 5.41) is 4.24. The van der Waals surface area contributed by atoms with E-state index in [9.17, 15) is 4.79 Å². The van der Waals surface area contributed by atoms with E-state index in [1.165, 1.54) is 35.5 Å². The van der Waals surface area contributed by atoms with E-state index in [2.05, 4.69) is 20.2 Å². The first-order valence-corrected chi connectivity index (χ1v) is 8.44. The number of nitrogen functional groups attached to an aromatic ring is 1. The van der Waals surface area contributed by atoms with E-state index in [0.717, 1.165) is 28.8 Å². The van der Waals surface area contributed by atoms with Gasteiger partial charge in [-0.2, -0.15) is 0 Å². The molecular weight excluding hydrogens is 306 g/mol. The molecule has 0 unspecified atom stereocenters. The Balaban J connectivity index is 1.77. The number of nitrogens with one attached hydrogen (secondary N) is 1. The summed E-state index contributed by atoms with van der Waals surface area (Å²) >= 11 is 2.82. The van der Waals surface area contributed by atoms with E-state index >= 15 is 0 Å². The van der Waals surface area contributed by atoms with Crippen molar-refractivity contribution in [2.45, 2.75) is 26.7 Å². The highest BCUT2D eigenvalue weighted by Crippen LogP contribution is 2.31. The third-order valence-electron chi connectivity index (χ3n) is 3.47. The first kappa shape index (κ1) is 14.3. The van der Waals surface area contributed by atoms with Crippen LogP contribution in [-0.4, -0.2) is 29.0 Å².